The predicted molar refractivity (Wildman–Crippen MR) is 358 cm³/mol. The van der Waals surface area contributed by atoms with Crippen molar-refractivity contribution in [3.8, 4) is 0 Å². The van der Waals surface area contributed by atoms with E-state index in [0.717, 1.165) is 117 Å². The van der Waals surface area contributed by atoms with E-state index in [-0.39, 0.29) is 66.1 Å². The largest absolute Gasteiger partial charge is 0.501 e. The van der Waals surface area contributed by atoms with Crippen LogP contribution in [0.15, 0.2) is 107 Å². The summed E-state index contributed by atoms with van der Waals surface area (Å²) in [5.74, 6) is 7.81. The number of hydrogen-bond donors (Lipinski definition) is 3. The summed E-state index contributed by atoms with van der Waals surface area (Å²) in [6.07, 6.45) is 51.1. The molecule has 0 bridgehead atoms. The minimum atomic E-state index is -0.407. The molecule has 87 heavy (non-hydrogen) atoms. The van der Waals surface area contributed by atoms with E-state index in [1.54, 1.807) is 34.9 Å². The van der Waals surface area contributed by atoms with Crippen LogP contribution in [0.4, 0.5) is 0 Å². The number of ketones is 3. The molecule has 0 aromatic heterocycles. The molecule has 0 amide bonds. The van der Waals surface area contributed by atoms with Crippen molar-refractivity contribution in [2.45, 2.75) is 275 Å². The van der Waals surface area contributed by atoms with E-state index in [0.29, 0.717) is 58.7 Å². The van der Waals surface area contributed by atoms with Crippen LogP contribution >= 0.6 is 0 Å². The second kappa shape index (κ2) is 27.6. The molecule has 14 rings (SSSR count). The summed E-state index contributed by atoms with van der Waals surface area (Å²) in [6, 6.07) is 0. The maximum Gasteiger partial charge on any atom is 0.155 e. The number of fused-ring (bicyclic) bond motifs is 13. The summed E-state index contributed by atoms with van der Waals surface area (Å²) >= 11 is 0. The van der Waals surface area contributed by atoms with E-state index >= 15 is 0 Å². The fourth-order valence-electron chi connectivity index (χ4n) is 21.5. The summed E-state index contributed by atoms with van der Waals surface area (Å²) in [5.41, 5.74) is 9.91. The zero-order valence-electron chi connectivity index (χ0n) is 54.4. The molecule has 486 valence electrons. The van der Waals surface area contributed by atoms with Crippen LogP contribution in [0, 0.1) is 85.2 Å². The Morgan fingerprint density at radius 3 is 1.51 bits per heavy atom. The SMILES string of the molecule is C.C.C=C[C@H]1CCC2C3CC=C4C=C(OC)CC[C@]4(C)C3CC[C@@]21C.C=C[C@H]1CCC2C3C[C@@H](O)C4=CC(=O)CC[C@]4(C)C3CC[C@@]21C.CC1=CC2=CCCC[C@@]2(C)CC1.C[C@@]12CCC[C@@H](O)C1=CC(=O)CC2.C[C@@]12CCC[C@@H](O)C1=CC(=O)CC2.O. The second-order valence-corrected chi connectivity index (χ2v) is 31.7. The van der Waals surface area contributed by atoms with Crippen molar-refractivity contribution in [2.24, 2.45) is 85.2 Å². The monoisotopic (exact) mass is 1200 g/mol. The minimum Gasteiger partial charge on any atom is -0.501 e. The van der Waals surface area contributed by atoms with Gasteiger partial charge in [0.15, 0.2) is 17.3 Å². The van der Waals surface area contributed by atoms with E-state index < -0.39 is 6.10 Å². The molecule has 14 aliphatic carbocycles. The third-order valence-electron chi connectivity index (χ3n) is 27.2. The lowest BCUT2D eigenvalue weighted by molar-refractivity contribution is -0.119. The van der Waals surface area contributed by atoms with Crippen molar-refractivity contribution in [1.82, 2.24) is 0 Å². The molecule has 0 aromatic carbocycles. The molecule has 6 unspecified atom stereocenters. The van der Waals surface area contributed by atoms with Crippen LogP contribution in [0.3, 0.4) is 0 Å². The lowest BCUT2D eigenvalue weighted by Gasteiger charge is -2.59. The smallest absolute Gasteiger partial charge is 0.155 e. The zero-order chi connectivity index (χ0) is 60.2. The number of aliphatic hydroxyl groups is 3. The lowest BCUT2D eigenvalue weighted by atomic mass is 9.46. The van der Waals surface area contributed by atoms with Gasteiger partial charge in [-0.25, -0.2) is 0 Å². The van der Waals surface area contributed by atoms with Gasteiger partial charge in [0.2, 0.25) is 0 Å². The van der Waals surface area contributed by atoms with Crippen LogP contribution in [0.5, 0.6) is 0 Å². The summed E-state index contributed by atoms with van der Waals surface area (Å²) in [7, 11) is 1.82. The van der Waals surface area contributed by atoms with Crippen LogP contribution in [0.25, 0.3) is 0 Å². The molecule has 0 aromatic rings. The van der Waals surface area contributed by atoms with Crippen LogP contribution in [-0.2, 0) is 19.1 Å². The average molecular weight is 1200 g/mol. The molecule has 18 atom stereocenters. The Hall–Kier alpha value is -3.69. The summed E-state index contributed by atoms with van der Waals surface area (Å²) in [4.78, 5) is 34.3. The van der Waals surface area contributed by atoms with E-state index in [2.05, 4.69) is 105 Å². The Morgan fingerprint density at radius 1 is 0.483 bits per heavy atom. The number of carbonyl (C=O) groups is 3. The summed E-state index contributed by atoms with van der Waals surface area (Å²) in [6.45, 7) is 27.2. The van der Waals surface area contributed by atoms with Gasteiger partial charge in [0.1, 0.15) is 0 Å². The number of methoxy groups -OCH3 is 1. The van der Waals surface area contributed by atoms with Crippen LogP contribution in [0.2, 0.25) is 0 Å². The van der Waals surface area contributed by atoms with Crippen molar-refractivity contribution in [2.75, 3.05) is 7.11 Å². The zero-order valence-corrected chi connectivity index (χ0v) is 54.4. The highest BCUT2D eigenvalue weighted by Gasteiger charge is 2.61. The van der Waals surface area contributed by atoms with Crippen LogP contribution < -0.4 is 0 Å². The number of hydrogen-bond acceptors (Lipinski definition) is 7. The highest BCUT2D eigenvalue weighted by atomic mass is 16.5. The first-order valence-electron chi connectivity index (χ1n) is 34.2. The molecule has 7 saturated carbocycles. The van der Waals surface area contributed by atoms with Gasteiger partial charge in [0, 0.05) is 25.7 Å². The van der Waals surface area contributed by atoms with Crippen LogP contribution in [-0.4, -0.2) is 63.6 Å². The number of rotatable bonds is 3. The van der Waals surface area contributed by atoms with E-state index in [1.807, 2.05) is 7.11 Å². The Labute approximate surface area is 528 Å². The molecular formula is C79H122O8. The number of carbonyl (C=O) groups excluding carboxylic acids is 3. The van der Waals surface area contributed by atoms with Gasteiger partial charge in [-0.2, -0.15) is 0 Å². The standard InChI is InChI=1S/C22H32O.C21H30O2.C12H18.2C11H16O2.2CH4.H2O/c1-5-15-7-9-19-18-8-6-16-14-17(23-4)10-12-22(16,3)20(18)11-13-21(15,19)2;1-4-13-5-6-16-15-12-19(23)18-11-14(22)7-9-21(18,3)17(15)8-10-20(13,16)2;1-10-6-8-12(2)7-4-3-5-11(12)9-10;2*1-11-5-2-3-10(13)9(11)7-8(12)4-6-11;;;/h5-6,14-15,18-20H,1,7-13H2,2-4H3;4,11,13,15-17,19,23H,1,5-10,12H2,2-3H3;5,9H,3-4,6-8H2,1-2H3;2*7,10,13H,2-6H2,1H3;2*1H4;1H2/t15-,18?,19?,20?,21+,22-;13-,15?,16?,17?,19+,20+,21+;12-;2*10-,11+;;;/m00011.../s1. The Kier molecular flexibility index (Phi) is 22.5. The Bertz CT molecular complexity index is 2710. The van der Waals surface area contributed by atoms with Gasteiger partial charge in [0.05, 0.1) is 31.2 Å². The number of ether oxygens (including phenoxy) is 1. The van der Waals surface area contributed by atoms with Crippen molar-refractivity contribution in [3.63, 3.8) is 0 Å². The normalized spacial score (nSPS) is 43.3. The van der Waals surface area contributed by atoms with Crippen molar-refractivity contribution >= 4 is 17.3 Å². The molecule has 0 heterocycles. The quantitative estimate of drug-likeness (QED) is 0.238. The Morgan fingerprint density at radius 2 is 0.966 bits per heavy atom. The van der Waals surface area contributed by atoms with Gasteiger partial charge < -0.3 is 25.5 Å². The molecule has 8 heteroatoms. The van der Waals surface area contributed by atoms with Gasteiger partial charge in [-0.15, -0.1) is 13.2 Å². The second-order valence-electron chi connectivity index (χ2n) is 31.7. The lowest BCUT2D eigenvalue weighted by Crippen LogP contribution is -2.53. The molecule has 14 aliphatic rings. The first-order valence-corrected chi connectivity index (χ1v) is 34.2. The van der Waals surface area contributed by atoms with Crippen molar-refractivity contribution in [3.05, 3.63) is 107 Å². The van der Waals surface area contributed by atoms with E-state index in [4.69, 9.17) is 4.74 Å². The minimum absolute atomic E-state index is 0. The molecule has 8 nitrogen and oxygen atoms in total. The third kappa shape index (κ3) is 13.4. The molecule has 5 N–H and O–H groups in total. The average Bonchev–Trinajstić information content (AvgIpc) is 1.72. The van der Waals surface area contributed by atoms with E-state index in [1.165, 1.54) is 102 Å². The maximum absolute atomic E-state index is 11.9. The highest BCUT2D eigenvalue weighted by Crippen LogP contribution is 2.68. The van der Waals surface area contributed by atoms with Crippen molar-refractivity contribution < 1.29 is 39.9 Å². The number of allylic oxidation sites excluding steroid dienone is 12. The molecular weight excluding hydrogens is 1080 g/mol. The van der Waals surface area contributed by atoms with Gasteiger partial charge in [-0.1, -0.05) is 99.3 Å². The molecule has 0 saturated heterocycles. The molecule has 7 fully saturated rings. The molecule has 0 radical (unpaired) electrons. The molecule has 0 aliphatic heterocycles. The Balaban J connectivity index is 0.000000159. The summed E-state index contributed by atoms with van der Waals surface area (Å²) in [5, 5.41) is 30.3. The molecule has 0 spiro atoms. The van der Waals surface area contributed by atoms with Crippen molar-refractivity contribution in [1.29, 1.82) is 0 Å². The van der Waals surface area contributed by atoms with Gasteiger partial charge >= 0.3 is 0 Å². The van der Waals surface area contributed by atoms with Crippen LogP contribution in [0.1, 0.15) is 256 Å². The fraction of sp³-hybridized carbons (Fsp3) is 0.734. The number of aliphatic hydroxyl groups excluding tert-OH is 3. The van der Waals surface area contributed by atoms with Gasteiger partial charge in [-0.3, -0.25) is 14.4 Å². The first kappa shape index (κ1) is 70.8. The highest BCUT2D eigenvalue weighted by molar-refractivity contribution is 5.93. The third-order valence-corrected chi connectivity index (χ3v) is 27.2. The topological polar surface area (TPSA) is 153 Å². The summed E-state index contributed by atoms with van der Waals surface area (Å²) < 4.78 is 5.54. The fourth-order valence-corrected chi connectivity index (χ4v) is 21.5. The maximum atomic E-state index is 11.9. The van der Waals surface area contributed by atoms with Gasteiger partial charge in [-0.05, 0) is 305 Å². The van der Waals surface area contributed by atoms with E-state index in [9.17, 15) is 29.7 Å². The first-order chi connectivity index (χ1) is 39.9. The predicted octanol–water partition coefficient (Wildman–Crippen LogP) is 18.1. The van der Waals surface area contributed by atoms with Gasteiger partial charge in [0.25, 0.3) is 0 Å².